The Morgan fingerprint density at radius 2 is 1.78 bits per heavy atom. The molecule has 3 aromatic carbocycles. The second-order valence-electron chi connectivity index (χ2n) is 10.5. The fourth-order valence-corrected chi connectivity index (χ4v) is 7.32. The van der Waals surface area contributed by atoms with Crippen LogP contribution >= 0.6 is 34.5 Å². The van der Waals surface area contributed by atoms with Crippen LogP contribution in [0.4, 0.5) is 5.69 Å². The summed E-state index contributed by atoms with van der Waals surface area (Å²) < 4.78 is 12.9. The van der Waals surface area contributed by atoms with Crippen molar-refractivity contribution in [2.45, 2.75) is 39.3 Å². The van der Waals surface area contributed by atoms with Crippen LogP contribution in [0.2, 0.25) is 10.0 Å². The Kier molecular flexibility index (Phi) is 8.68. The largest absolute Gasteiger partial charge is 0.496 e. The minimum Gasteiger partial charge on any atom is -0.496 e. The molecule has 4 aromatic rings. The van der Waals surface area contributed by atoms with Crippen LogP contribution in [0, 0.1) is 0 Å². The van der Waals surface area contributed by atoms with Gasteiger partial charge in [0, 0.05) is 21.2 Å². The lowest BCUT2D eigenvalue weighted by molar-refractivity contribution is -0.139. The number of fused-ring (bicyclic) bond motifs is 2. The molecular formula is C34H29Cl2N3O5S. The van der Waals surface area contributed by atoms with Gasteiger partial charge in [-0.1, -0.05) is 84.3 Å². The molecule has 3 heterocycles. The summed E-state index contributed by atoms with van der Waals surface area (Å²) in [5.74, 6) is -0.463. The maximum atomic E-state index is 14.6. The van der Waals surface area contributed by atoms with E-state index in [-0.39, 0.29) is 34.7 Å². The van der Waals surface area contributed by atoms with E-state index in [1.54, 1.807) is 36.1 Å². The van der Waals surface area contributed by atoms with Crippen LogP contribution in [0.25, 0.3) is 5.57 Å². The third-order valence-electron chi connectivity index (χ3n) is 7.79. The van der Waals surface area contributed by atoms with Gasteiger partial charge in [0.25, 0.3) is 11.5 Å². The van der Waals surface area contributed by atoms with Gasteiger partial charge in [-0.3, -0.25) is 14.2 Å². The van der Waals surface area contributed by atoms with E-state index >= 15 is 0 Å². The van der Waals surface area contributed by atoms with Gasteiger partial charge in [-0.15, -0.1) is 0 Å². The van der Waals surface area contributed by atoms with Crippen molar-refractivity contribution in [3.05, 3.63) is 124 Å². The molecule has 0 saturated heterocycles. The van der Waals surface area contributed by atoms with Crippen LogP contribution in [0.15, 0.2) is 87.8 Å². The summed E-state index contributed by atoms with van der Waals surface area (Å²) in [5, 5.41) is 0.948. The molecule has 230 valence electrons. The van der Waals surface area contributed by atoms with Crippen LogP contribution in [-0.2, 0) is 20.9 Å². The molecule has 8 nitrogen and oxygen atoms in total. The number of para-hydroxylation sites is 1. The number of hydrogen-bond acceptors (Lipinski definition) is 7. The molecule has 11 heteroatoms. The molecule has 0 saturated carbocycles. The number of anilines is 1. The standard InChI is InChI=1S/C34H29Cl2N3O5S/c1-4-10-24-28(33(42)44-5-2)29(22-17-20(35)15-16-26(22)43-3)39-32(41)30(45-34(39)37-24)27-21-12-7-9-14-25(21)38(31(27)40)18-19-11-6-8-13-23(19)36/h6-9,11-17,29H,4-5,10,18H2,1-3H3/b30-27-/t29-/m0/s1. The van der Waals surface area contributed by atoms with Gasteiger partial charge < -0.3 is 14.4 Å². The lowest BCUT2D eigenvalue weighted by atomic mass is 9.93. The Morgan fingerprint density at radius 1 is 1.02 bits per heavy atom. The Bertz CT molecular complexity index is 2070. The fraction of sp³-hybridized carbons (Fsp3) is 0.235. The summed E-state index contributed by atoms with van der Waals surface area (Å²) in [6.07, 6.45) is 1.17. The van der Waals surface area contributed by atoms with Crippen LogP contribution in [0.3, 0.4) is 0 Å². The number of carbonyl (C=O) groups excluding carboxylic acids is 2. The number of methoxy groups -OCH3 is 1. The molecule has 2 aliphatic rings. The molecule has 6 rings (SSSR count). The van der Waals surface area contributed by atoms with E-state index < -0.39 is 17.6 Å². The van der Waals surface area contributed by atoms with Gasteiger partial charge in [0.1, 0.15) is 16.3 Å². The summed E-state index contributed by atoms with van der Waals surface area (Å²) in [6, 6.07) is 18.8. The molecule has 1 atom stereocenters. The smallest absolute Gasteiger partial charge is 0.338 e. The van der Waals surface area contributed by atoms with E-state index in [0.717, 1.165) is 16.9 Å². The number of halogens is 2. The maximum absolute atomic E-state index is 14.6. The summed E-state index contributed by atoms with van der Waals surface area (Å²) in [6.45, 7) is 4.08. The number of benzene rings is 3. The van der Waals surface area contributed by atoms with E-state index in [0.29, 0.717) is 55.9 Å². The highest BCUT2D eigenvalue weighted by Crippen LogP contribution is 2.39. The molecule has 0 bridgehead atoms. The highest BCUT2D eigenvalue weighted by molar-refractivity contribution is 7.07. The number of ether oxygens (including phenoxy) is 2. The summed E-state index contributed by atoms with van der Waals surface area (Å²) in [4.78, 5) is 49.2. The SMILES string of the molecule is CCCC1=C(C(=O)OCC)[C@H](c2cc(Cl)ccc2OC)n2c(s/c(=C3\C(=O)N(Cc4ccccc4Cl)c4ccccc43)c2=O)=N1. The number of carbonyl (C=O) groups is 2. The van der Waals surface area contributed by atoms with Gasteiger partial charge in [0.05, 0.1) is 42.8 Å². The van der Waals surface area contributed by atoms with E-state index in [4.69, 9.17) is 37.7 Å². The van der Waals surface area contributed by atoms with Gasteiger partial charge >= 0.3 is 5.97 Å². The molecule has 0 spiro atoms. The van der Waals surface area contributed by atoms with E-state index in [9.17, 15) is 14.4 Å². The molecule has 0 radical (unpaired) electrons. The highest BCUT2D eigenvalue weighted by Gasteiger charge is 2.39. The van der Waals surface area contributed by atoms with E-state index in [1.807, 2.05) is 49.4 Å². The molecule has 1 aromatic heterocycles. The third kappa shape index (κ3) is 5.39. The predicted octanol–water partition coefficient (Wildman–Crippen LogP) is 5.81. The quantitative estimate of drug-likeness (QED) is 0.222. The number of esters is 1. The first-order valence-electron chi connectivity index (χ1n) is 14.5. The summed E-state index contributed by atoms with van der Waals surface area (Å²) in [7, 11) is 1.51. The number of rotatable bonds is 8. The van der Waals surface area contributed by atoms with Gasteiger partial charge in [0.2, 0.25) is 0 Å². The molecule has 0 fully saturated rings. The number of allylic oxidation sites excluding steroid dienone is 1. The molecule has 2 aliphatic heterocycles. The zero-order valence-electron chi connectivity index (χ0n) is 24.8. The Labute approximate surface area is 273 Å². The monoisotopic (exact) mass is 661 g/mol. The fourth-order valence-electron chi connectivity index (χ4n) is 5.84. The van der Waals surface area contributed by atoms with Crippen molar-refractivity contribution in [1.82, 2.24) is 4.57 Å². The lowest BCUT2D eigenvalue weighted by Gasteiger charge is -2.27. The Balaban J connectivity index is 1.63. The van der Waals surface area contributed by atoms with Crippen LogP contribution in [0.5, 0.6) is 5.75 Å². The average Bonchev–Trinajstić information content (AvgIpc) is 3.49. The van der Waals surface area contributed by atoms with Gasteiger partial charge in [-0.25, -0.2) is 9.79 Å². The van der Waals surface area contributed by atoms with Crippen molar-refractivity contribution >= 4 is 57.7 Å². The first-order chi connectivity index (χ1) is 21.8. The number of nitrogens with zero attached hydrogens (tertiary/aromatic N) is 3. The molecule has 0 N–H and O–H groups in total. The first-order valence-corrected chi connectivity index (χ1v) is 16.1. The van der Waals surface area contributed by atoms with E-state index in [2.05, 4.69) is 0 Å². The van der Waals surface area contributed by atoms with Crippen LogP contribution < -0.4 is 24.5 Å². The second kappa shape index (κ2) is 12.7. The molecular weight excluding hydrogens is 633 g/mol. The Morgan fingerprint density at radius 3 is 2.51 bits per heavy atom. The second-order valence-corrected chi connectivity index (χ2v) is 12.3. The first kappa shape index (κ1) is 30.8. The normalized spacial score (nSPS) is 16.8. The predicted molar refractivity (Wildman–Crippen MR) is 176 cm³/mol. The zero-order valence-corrected chi connectivity index (χ0v) is 27.1. The van der Waals surface area contributed by atoms with Gasteiger partial charge in [-0.2, -0.15) is 0 Å². The summed E-state index contributed by atoms with van der Waals surface area (Å²) >= 11 is 14.1. The lowest BCUT2D eigenvalue weighted by Crippen LogP contribution is -2.41. The number of hydrogen-bond donors (Lipinski definition) is 0. The molecule has 0 aliphatic carbocycles. The van der Waals surface area contributed by atoms with Gasteiger partial charge in [-0.05, 0) is 49.2 Å². The van der Waals surface area contributed by atoms with Crippen molar-refractivity contribution in [1.29, 1.82) is 0 Å². The number of thiazole rings is 1. The van der Waals surface area contributed by atoms with Crippen molar-refractivity contribution in [2.75, 3.05) is 18.6 Å². The summed E-state index contributed by atoms with van der Waals surface area (Å²) in [5.41, 5.74) is 3.16. The van der Waals surface area contributed by atoms with Crippen molar-refractivity contribution < 1.29 is 19.1 Å². The maximum Gasteiger partial charge on any atom is 0.338 e. The average molecular weight is 663 g/mol. The molecule has 45 heavy (non-hydrogen) atoms. The topological polar surface area (TPSA) is 90.2 Å². The third-order valence-corrected chi connectivity index (χ3v) is 9.45. The number of aromatic nitrogens is 1. The van der Waals surface area contributed by atoms with Crippen LogP contribution in [-0.4, -0.2) is 30.2 Å². The Hall–Kier alpha value is -4.18. The minimum atomic E-state index is -0.948. The van der Waals surface area contributed by atoms with Crippen molar-refractivity contribution in [2.24, 2.45) is 4.99 Å². The van der Waals surface area contributed by atoms with E-state index in [1.165, 1.54) is 11.7 Å². The molecule has 0 unspecified atom stereocenters. The number of amides is 1. The van der Waals surface area contributed by atoms with Crippen molar-refractivity contribution in [3.63, 3.8) is 0 Å². The van der Waals surface area contributed by atoms with Crippen molar-refractivity contribution in [3.8, 4) is 5.75 Å². The minimum absolute atomic E-state index is 0.141. The van der Waals surface area contributed by atoms with Gasteiger partial charge in [0.15, 0.2) is 4.80 Å². The van der Waals surface area contributed by atoms with Crippen LogP contribution in [0.1, 0.15) is 49.4 Å². The molecule has 1 amide bonds. The zero-order chi connectivity index (χ0) is 31.8. The highest BCUT2D eigenvalue weighted by atomic mass is 35.5.